The van der Waals surface area contributed by atoms with E-state index in [1.807, 2.05) is 0 Å². The van der Waals surface area contributed by atoms with E-state index in [0.29, 0.717) is 5.52 Å². The molecule has 2 aliphatic rings. The number of hydrogen-bond donors (Lipinski definition) is 1. The van der Waals surface area contributed by atoms with Gasteiger partial charge in [0.05, 0.1) is 12.3 Å². The summed E-state index contributed by atoms with van der Waals surface area (Å²) in [5.41, 5.74) is 4.80. The number of rotatable bonds is 4. The molecule has 2 saturated heterocycles. The SMILES string of the molecule is CCOC(=O)OC[C@H]1O[C@@](C#N)(c2ccc3c(N)ncnn23)[C@@H]2OC(=O)O[C@@H]21. The molecule has 2 aromatic heterocycles. The van der Waals surface area contributed by atoms with Crippen LogP contribution >= 0.6 is 0 Å². The molecule has 28 heavy (non-hydrogen) atoms. The number of carbonyl (C=O) groups is 2. The van der Waals surface area contributed by atoms with Gasteiger partial charge in [0.1, 0.15) is 30.6 Å². The molecule has 12 heteroatoms. The van der Waals surface area contributed by atoms with Crippen LogP contribution in [0.2, 0.25) is 0 Å². The van der Waals surface area contributed by atoms with Crippen molar-refractivity contribution >= 4 is 23.6 Å². The van der Waals surface area contributed by atoms with Gasteiger partial charge in [-0.2, -0.15) is 10.4 Å². The predicted octanol–water partition coefficient (Wildman–Crippen LogP) is 0.506. The first-order valence-electron chi connectivity index (χ1n) is 8.34. The fraction of sp³-hybridized carbons (Fsp3) is 0.438. The van der Waals surface area contributed by atoms with Crippen molar-refractivity contribution in [1.82, 2.24) is 14.6 Å². The Morgan fingerprint density at radius 1 is 1.43 bits per heavy atom. The molecule has 0 unspecified atom stereocenters. The number of fused-ring (bicyclic) bond motifs is 2. The van der Waals surface area contributed by atoms with Crippen LogP contribution in [-0.2, 0) is 29.3 Å². The van der Waals surface area contributed by atoms with Crippen molar-refractivity contribution in [3.63, 3.8) is 0 Å². The summed E-state index contributed by atoms with van der Waals surface area (Å²) in [5, 5.41) is 14.1. The highest BCUT2D eigenvalue weighted by atomic mass is 16.8. The van der Waals surface area contributed by atoms with Crippen molar-refractivity contribution in [2.24, 2.45) is 0 Å². The summed E-state index contributed by atoms with van der Waals surface area (Å²) in [7, 11) is 0. The van der Waals surface area contributed by atoms with Crippen LogP contribution in [0.1, 0.15) is 12.6 Å². The molecule has 2 aromatic rings. The molecule has 0 amide bonds. The molecule has 2 fully saturated rings. The lowest BCUT2D eigenvalue weighted by Crippen LogP contribution is -2.39. The van der Waals surface area contributed by atoms with Crippen LogP contribution in [0, 0.1) is 11.3 Å². The van der Waals surface area contributed by atoms with E-state index in [9.17, 15) is 14.9 Å². The third-order valence-electron chi connectivity index (χ3n) is 4.51. The first-order chi connectivity index (χ1) is 13.5. The van der Waals surface area contributed by atoms with Crippen molar-refractivity contribution < 1.29 is 33.3 Å². The van der Waals surface area contributed by atoms with Gasteiger partial charge in [-0.25, -0.2) is 19.1 Å². The summed E-state index contributed by atoms with van der Waals surface area (Å²) >= 11 is 0. The van der Waals surface area contributed by atoms with Crippen molar-refractivity contribution in [3.8, 4) is 6.07 Å². The van der Waals surface area contributed by atoms with Gasteiger partial charge < -0.3 is 29.4 Å². The molecule has 4 rings (SSSR count). The molecule has 0 aromatic carbocycles. The van der Waals surface area contributed by atoms with Crippen molar-refractivity contribution in [2.75, 3.05) is 18.9 Å². The van der Waals surface area contributed by atoms with E-state index in [1.165, 1.54) is 10.8 Å². The molecule has 0 spiro atoms. The third kappa shape index (κ3) is 2.55. The quantitative estimate of drug-likeness (QED) is 0.725. The minimum atomic E-state index is -1.76. The largest absolute Gasteiger partial charge is 0.509 e. The standard InChI is InChI=1S/C16H15N5O7/c1-2-24-14(22)25-5-9-11-12(27-15(23)26-11)16(6-17,28-9)10-4-3-8-13(18)19-7-20-21(8)10/h3-4,7,9,11-12H,2,5H2,1H3,(H2,18,19,20)/t9-,11-,12-,16+/m1/s1. The highest BCUT2D eigenvalue weighted by Crippen LogP contribution is 2.46. The lowest BCUT2D eigenvalue weighted by molar-refractivity contribution is -0.0875. The van der Waals surface area contributed by atoms with Gasteiger partial charge in [0.15, 0.2) is 18.0 Å². The van der Waals surface area contributed by atoms with E-state index in [4.69, 9.17) is 29.4 Å². The number of nitrogens with two attached hydrogens (primary N) is 1. The molecule has 2 aliphatic heterocycles. The Balaban J connectivity index is 1.71. The summed E-state index contributed by atoms with van der Waals surface area (Å²) < 4.78 is 27.3. The van der Waals surface area contributed by atoms with Crippen LogP contribution in [0.25, 0.3) is 5.52 Å². The number of carbonyl (C=O) groups excluding carboxylic acids is 2. The van der Waals surface area contributed by atoms with Crippen molar-refractivity contribution in [2.45, 2.75) is 30.8 Å². The molecular weight excluding hydrogens is 374 g/mol. The molecule has 0 bridgehead atoms. The number of nitriles is 1. The number of anilines is 1. The summed E-state index contributed by atoms with van der Waals surface area (Å²) in [5.74, 6) is 0.200. The fourth-order valence-corrected chi connectivity index (χ4v) is 3.36. The molecular formula is C16H15N5O7. The van der Waals surface area contributed by atoms with E-state index < -0.39 is 36.2 Å². The van der Waals surface area contributed by atoms with Crippen LogP contribution in [0.3, 0.4) is 0 Å². The monoisotopic (exact) mass is 389 g/mol. The van der Waals surface area contributed by atoms with Crippen LogP contribution in [-0.4, -0.2) is 58.4 Å². The molecule has 0 saturated carbocycles. The zero-order chi connectivity index (χ0) is 19.9. The van der Waals surface area contributed by atoms with E-state index >= 15 is 0 Å². The summed E-state index contributed by atoms with van der Waals surface area (Å²) in [6.45, 7) is 1.45. The maximum absolute atomic E-state index is 11.7. The Morgan fingerprint density at radius 3 is 3.00 bits per heavy atom. The van der Waals surface area contributed by atoms with Crippen LogP contribution in [0.4, 0.5) is 15.4 Å². The van der Waals surface area contributed by atoms with Gasteiger partial charge in [0.2, 0.25) is 5.60 Å². The maximum atomic E-state index is 11.7. The topological polar surface area (TPSA) is 160 Å². The number of hydrogen-bond acceptors (Lipinski definition) is 11. The normalized spacial score (nSPS) is 28.3. The minimum Gasteiger partial charge on any atom is -0.435 e. The number of aromatic nitrogens is 3. The Kier molecular flexibility index (Phi) is 4.16. The Morgan fingerprint density at radius 2 is 2.25 bits per heavy atom. The van der Waals surface area contributed by atoms with Gasteiger partial charge in [0, 0.05) is 0 Å². The summed E-state index contributed by atoms with van der Waals surface area (Å²) in [4.78, 5) is 27.1. The molecule has 4 atom stereocenters. The fourth-order valence-electron chi connectivity index (χ4n) is 3.36. The zero-order valence-corrected chi connectivity index (χ0v) is 14.6. The molecule has 2 N–H and O–H groups in total. The Hall–Kier alpha value is -3.59. The van der Waals surface area contributed by atoms with E-state index in [-0.39, 0.29) is 24.7 Å². The third-order valence-corrected chi connectivity index (χ3v) is 4.51. The van der Waals surface area contributed by atoms with Gasteiger partial charge in [-0.1, -0.05) is 0 Å². The summed E-state index contributed by atoms with van der Waals surface area (Å²) in [6, 6.07) is 5.24. The second kappa shape index (κ2) is 6.54. The molecule has 12 nitrogen and oxygen atoms in total. The Labute approximate surface area is 157 Å². The predicted molar refractivity (Wildman–Crippen MR) is 87.7 cm³/mol. The van der Waals surface area contributed by atoms with E-state index in [2.05, 4.69) is 16.2 Å². The van der Waals surface area contributed by atoms with Gasteiger partial charge in [-0.05, 0) is 19.1 Å². The number of ether oxygens (including phenoxy) is 5. The maximum Gasteiger partial charge on any atom is 0.509 e. The van der Waals surface area contributed by atoms with Crippen molar-refractivity contribution in [1.29, 1.82) is 5.26 Å². The first-order valence-corrected chi connectivity index (χ1v) is 8.34. The summed E-state index contributed by atoms with van der Waals surface area (Å²) in [6.07, 6.45) is -3.65. The van der Waals surface area contributed by atoms with Crippen LogP contribution in [0.5, 0.6) is 0 Å². The highest BCUT2D eigenvalue weighted by molar-refractivity contribution is 5.67. The lowest BCUT2D eigenvalue weighted by atomic mass is 9.92. The second-order valence-electron chi connectivity index (χ2n) is 6.03. The van der Waals surface area contributed by atoms with E-state index in [0.717, 1.165) is 0 Å². The lowest BCUT2D eigenvalue weighted by Gasteiger charge is -2.24. The second-order valence-corrected chi connectivity index (χ2v) is 6.03. The molecule has 0 radical (unpaired) electrons. The van der Waals surface area contributed by atoms with Gasteiger partial charge >= 0.3 is 12.3 Å². The average Bonchev–Trinajstić information content (AvgIpc) is 3.34. The molecule has 4 heterocycles. The number of nitrogen functional groups attached to an aromatic ring is 1. The van der Waals surface area contributed by atoms with Crippen LogP contribution in [0.15, 0.2) is 18.5 Å². The number of nitrogens with zero attached hydrogens (tertiary/aromatic N) is 4. The zero-order valence-electron chi connectivity index (χ0n) is 14.6. The van der Waals surface area contributed by atoms with Gasteiger partial charge in [-0.15, -0.1) is 0 Å². The first kappa shape index (κ1) is 17.8. The molecule has 146 valence electrons. The van der Waals surface area contributed by atoms with Gasteiger partial charge in [-0.3, -0.25) is 0 Å². The highest BCUT2D eigenvalue weighted by Gasteiger charge is 2.65. The molecule has 0 aliphatic carbocycles. The van der Waals surface area contributed by atoms with Crippen LogP contribution < -0.4 is 5.73 Å². The average molecular weight is 389 g/mol. The van der Waals surface area contributed by atoms with E-state index in [1.54, 1.807) is 19.1 Å². The van der Waals surface area contributed by atoms with Crippen molar-refractivity contribution in [3.05, 3.63) is 24.2 Å². The Bertz CT molecular complexity index is 985. The van der Waals surface area contributed by atoms with Gasteiger partial charge in [0.25, 0.3) is 0 Å². The minimum absolute atomic E-state index is 0.133. The smallest absolute Gasteiger partial charge is 0.435 e.